The first kappa shape index (κ1) is 10.6. The summed E-state index contributed by atoms with van der Waals surface area (Å²) in [7, 11) is 1.79. The number of alkyl halides is 1. The molecule has 0 aromatic carbocycles. The Morgan fingerprint density at radius 3 is 2.85 bits per heavy atom. The first-order chi connectivity index (χ1) is 6.24. The molecule has 13 heavy (non-hydrogen) atoms. The van der Waals surface area contributed by atoms with Gasteiger partial charge >= 0.3 is 0 Å². The molecule has 0 unspecified atom stereocenters. The molecule has 0 amide bonds. The van der Waals surface area contributed by atoms with Crippen molar-refractivity contribution in [2.45, 2.75) is 12.3 Å². The van der Waals surface area contributed by atoms with Crippen LogP contribution in [0.3, 0.4) is 0 Å². The van der Waals surface area contributed by atoms with Crippen LogP contribution in [0.15, 0.2) is 15.4 Å². The molecule has 0 aliphatic heterocycles. The van der Waals surface area contributed by atoms with Gasteiger partial charge in [-0.1, -0.05) is 15.9 Å². The minimum absolute atomic E-state index is 0.814. The Balaban J connectivity index is 3.23. The van der Waals surface area contributed by atoms with Crippen molar-refractivity contribution in [3.63, 3.8) is 0 Å². The first-order valence-electron chi connectivity index (χ1n) is 3.81. The fourth-order valence-corrected chi connectivity index (χ4v) is 2.68. The zero-order valence-corrected chi connectivity index (χ0v) is 10.1. The topological polar surface area (TPSA) is 24.7 Å². The minimum atomic E-state index is 0.814. The van der Waals surface area contributed by atoms with Gasteiger partial charge in [0, 0.05) is 12.4 Å². The van der Waals surface area contributed by atoms with Crippen LogP contribution >= 0.6 is 27.3 Å². The van der Waals surface area contributed by atoms with Crippen LogP contribution in [0, 0.1) is 0 Å². The molecule has 0 bridgehead atoms. The summed E-state index contributed by atoms with van der Waals surface area (Å²) in [6.07, 6.45) is 0. The quantitative estimate of drug-likeness (QED) is 0.587. The second-order valence-electron chi connectivity index (χ2n) is 2.54. The van der Waals surface area contributed by atoms with Crippen molar-refractivity contribution in [1.82, 2.24) is 0 Å². The maximum absolute atomic E-state index is 4.14. The van der Waals surface area contributed by atoms with E-state index in [1.165, 1.54) is 5.56 Å². The molecule has 1 rings (SSSR count). The molecule has 70 valence electrons. The zero-order valence-electron chi connectivity index (χ0n) is 7.67. The molecule has 4 heteroatoms. The van der Waals surface area contributed by atoms with Crippen molar-refractivity contribution in [1.29, 1.82) is 0 Å². The largest absolute Gasteiger partial charge is 0.292 e. The minimum Gasteiger partial charge on any atom is -0.292 e. The van der Waals surface area contributed by atoms with Crippen molar-refractivity contribution < 1.29 is 0 Å². The summed E-state index contributed by atoms with van der Waals surface area (Å²) >= 11 is 5.08. The van der Waals surface area contributed by atoms with Crippen molar-refractivity contribution in [3.8, 4) is 0 Å². The molecule has 2 nitrogen and oxygen atoms in total. The Morgan fingerprint density at radius 1 is 1.69 bits per heavy atom. The van der Waals surface area contributed by atoms with Crippen molar-refractivity contribution >= 4 is 45.4 Å². The van der Waals surface area contributed by atoms with Gasteiger partial charge in [-0.15, -0.1) is 11.3 Å². The summed E-state index contributed by atoms with van der Waals surface area (Å²) in [5.74, 6) is 0. The molecular formula is C9H11BrN2S. The summed E-state index contributed by atoms with van der Waals surface area (Å²) in [4.78, 5) is 9.28. The molecular weight excluding hydrogens is 248 g/mol. The van der Waals surface area contributed by atoms with Crippen molar-refractivity contribution in [3.05, 3.63) is 15.8 Å². The average molecular weight is 259 g/mol. The number of aliphatic imine (C=N–C) groups is 2. The third kappa shape index (κ3) is 2.06. The van der Waals surface area contributed by atoms with E-state index in [1.54, 1.807) is 18.4 Å². The molecule has 0 spiro atoms. The molecule has 0 N–H and O–H groups in total. The molecule has 0 saturated heterocycles. The van der Waals surface area contributed by atoms with E-state index in [2.05, 4.69) is 38.0 Å². The summed E-state index contributed by atoms with van der Waals surface area (Å²) in [5.41, 5.74) is 3.16. The monoisotopic (exact) mass is 258 g/mol. The maximum Gasteiger partial charge on any atom is 0.0861 e. The maximum atomic E-state index is 4.14. The highest BCUT2D eigenvalue weighted by atomic mass is 79.9. The predicted octanol–water partition coefficient (Wildman–Crippen LogP) is 3.41. The average Bonchev–Trinajstić information content (AvgIpc) is 2.58. The van der Waals surface area contributed by atoms with Gasteiger partial charge in [0.15, 0.2) is 0 Å². The fourth-order valence-electron chi connectivity index (χ4n) is 1.01. The Morgan fingerprint density at radius 2 is 2.38 bits per heavy atom. The lowest BCUT2D eigenvalue weighted by molar-refractivity contribution is 1.40. The van der Waals surface area contributed by atoms with Gasteiger partial charge in [0.2, 0.25) is 0 Å². The van der Waals surface area contributed by atoms with Gasteiger partial charge in [0.25, 0.3) is 0 Å². The van der Waals surface area contributed by atoms with Gasteiger partial charge in [0.05, 0.1) is 16.3 Å². The number of hydrogen-bond acceptors (Lipinski definition) is 3. The first-order valence-corrected chi connectivity index (χ1v) is 5.81. The van der Waals surface area contributed by atoms with Crippen molar-refractivity contribution in [2.75, 3.05) is 7.05 Å². The molecule has 0 saturated carbocycles. The molecule has 0 radical (unpaired) electrons. The van der Waals surface area contributed by atoms with E-state index in [4.69, 9.17) is 0 Å². The molecule has 1 aromatic rings. The summed E-state index contributed by atoms with van der Waals surface area (Å²) in [5, 5.41) is 2.90. The van der Waals surface area contributed by atoms with E-state index < -0.39 is 0 Å². The standard InChI is InChI=1S/C9H11BrN2S/c1-6(11-2)9-8(12-3)7(4-10)5-13-9/h5H,3-4H2,1-2H3. The number of nitrogens with zero attached hydrogens (tertiary/aromatic N) is 2. The van der Waals surface area contributed by atoms with Crippen LogP contribution < -0.4 is 0 Å². The van der Waals surface area contributed by atoms with Crippen LogP contribution in [0.1, 0.15) is 17.4 Å². The van der Waals surface area contributed by atoms with Crippen LogP contribution in [-0.4, -0.2) is 19.5 Å². The van der Waals surface area contributed by atoms with E-state index in [-0.39, 0.29) is 0 Å². The lowest BCUT2D eigenvalue weighted by Crippen LogP contribution is -1.90. The van der Waals surface area contributed by atoms with Gasteiger partial charge in [0.1, 0.15) is 0 Å². The highest BCUT2D eigenvalue weighted by Crippen LogP contribution is 2.32. The van der Waals surface area contributed by atoms with Crippen LogP contribution in [0.25, 0.3) is 0 Å². The molecule has 1 aromatic heterocycles. The summed E-state index contributed by atoms with van der Waals surface area (Å²) in [6.45, 7) is 5.55. The van der Waals surface area contributed by atoms with E-state index >= 15 is 0 Å². The van der Waals surface area contributed by atoms with E-state index in [1.807, 2.05) is 6.92 Å². The second kappa shape index (κ2) is 4.67. The Bertz CT molecular complexity index is 341. The van der Waals surface area contributed by atoms with Crippen LogP contribution in [-0.2, 0) is 5.33 Å². The van der Waals surface area contributed by atoms with Gasteiger partial charge in [-0.2, -0.15) is 0 Å². The smallest absolute Gasteiger partial charge is 0.0861 e. The highest BCUT2D eigenvalue weighted by molar-refractivity contribution is 9.08. The van der Waals surface area contributed by atoms with E-state index in [0.29, 0.717) is 0 Å². The van der Waals surface area contributed by atoms with Crippen LogP contribution in [0.5, 0.6) is 0 Å². The Kier molecular flexibility index (Phi) is 3.81. The van der Waals surface area contributed by atoms with E-state index in [0.717, 1.165) is 21.6 Å². The molecule has 0 atom stereocenters. The number of hydrogen-bond donors (Lipinski definition) is 0. The van der Waals surface area contributed by atoms with Crippen LogP contribution in [0.4, 0.5) is 5.69 Å². The Hall–Kier alpha value is -0.480. The number of halogens is 1. The molecule has 1 heterocycles. The highest BCUT2D eigenvalue weighted by Gasteiger charge is 2.10. The fraction of sp³-hybridized carbons (Fsp3) is 0.333. The lowest BCUT2D eigenvalue weighted by Gasteiger charge is -1.98. The summed E-state index contributed by atoms with van der Waals surface area (Å²) < 4.78 is 0. The van der Waals surface area contributed by atoms with Crippen LogP contribution in [0.2, 0.25) is 0 Å². The van der Waals surface area contributed by atoms with Gasteiger partial charge < -0.3 is 0 Å². The zero-order chi connectivity index (χ0) is 9.84. The van der Waals surface area contributed by atoms with E-state index in [9.17, 15) is 0 Å². The SMILES string of the molecule is C=Nc1c(CBr)csc1C(C)=NC. The number of thiophene rings is 1. The Labute approximate surface area is 90.6 Å². The molecule has 0 fully saturated rings. The number of rotatable bonds is 3. The van der Waals surface area contributed by atoms with Gasteiger partial charge in [-0.25, -0.2) is 0 Å². The summed E-state index contributed by atoms with van der Waals surface area (Å²) in [6, 6.07) is 0. The van der Waals surface area contributed by atoms with Crippen molar-refractivity contribution in [2.24, 2.45) is 9.98 Å². The lowest BCUT2D eigenvalue weighted by atomic mass is 10.2. The van der Waals surface area contributed by atoms with Gasteiger partial charge in [-0.3, -0.25) is 9.98 Å². The third-order valence-corrected chi connectivity index (χ3v) is 3.54. The second-order valence-corrected chi connectivity index (χ2v) is 3.98. The molecule has 0 aliphatic carbocycles. The third-order valence-electron chi connectivity index (χ3n) is 1.80. The molecule has 0 aliphatic rings. The predicted molar refractivity (Wildman–Crippen MR) is 64.3 cm³/mol. The van der Waals surface area contributed by atoms with Gasteiger partial charge in [-0.05, 0) is 24.6 Å². The normalized spacial score (nSPS) is 11.8.